The number of nitrogens with one attached hydrogen (secondary N) is 1. The van der Waals surface area contributed by atoms with Gasteiger partial charge in [-0.2, -0.15) is 0 Å². The van der Waals surface area contributed by atoms with E-state index in [2.05, 4.69) is 0 Å². The number of carbonyl (C=O) groups excluding carboxylic acids is 2. The van der Waals surface area contributed by atoms with Gasteiger partial charge in [-0.3, -0.25) is 4.79 Å². The Morgan fingerprint density at radius 1 is 0.935 bits per heavy atom. The molecule has 1 atom stereocenters. The van der Waals surface area contributed by atoms with Gasteiger partial charge >= 0.3 is 5.97 Å². The fraction of sp³-hybridized carbons (Fsp3) is 0.440. The summed E-state index contributed by atoms with van der Waals surface area (Å²) < 4.78 is 11.2. The minimum Gasteiger partial charge on any atom is -0.444 e. The van der Waals surface area contributed by atoms with Crippen LogP contribution in [0.4, 0.5) is 0 Å². The van der Waals surface area contributed by atoms with E-state index < -0.39 is 12.1 Å². The van der Waals surface area contributed by atoms with Crippen LogP contribution in [0.1, 0.15) is 46.9 Å². The van der Waals surface area contributed by atoms with Crippen molar-refractivity contribution in [1.29, 1.82) is 0 Å². The molecule has 6 nitrogen and oxygen atoms in total. The predicted molar refractivity (Wildman–Crippen MR) is 117 cm³/mol. The Morgan fingerprint density at radius 3 is 2.29 bits per heavy atom. The van der Waals surface area contributed by atoms with E-state index in [9.17, 15) is 9.59 Å². The van der Waals surface area contributed by atoms with E-state index in [4.69, 9.17) is 9.47 Å². The van der Waals surface area contributed by atoms with Gasteiger partial charge in [0.15, 0.2) is 0 Å². The summed E-state index contributed by atoms with van der Waals surface area (Å²) in [6.07, 6.45) is 2.21. The van der Waals surface area contributed by atoms with Gasteiger partial charge in [-0.15, -0.1) is 0 Å². The summed E-state index contributed by atoms with van der Waals surface area (Å²) in [5.74, 6) is -0.601. The van der Waals surface area contributed by atoms with Crippen LogP contribution in [0.25, 0.3) is 0 Å². The van der Waals surface area contributed by atoms with Crippen LogP contribution in [0.5, 0.6) is 0 Å². The molecule has 2 aliphatic heterocycles. The lowest BCUT2D eigenvalue weighted by Gasteiger charge is -2.30. The van der Waals surface area contributed by atoms with Crippen LogP contribution in [0.15, 0.2) is 54.6 Å². The molecule has 2 fully saturated rings. The monoisotopic (exact) mass is 423 g/mol. The average molecular weight is 424 g/mol. The van der Waals surface area contributed by atoms with Crippen LogP contribution < -0.4 is 4.90 Å². The van der Waals surface area contributed by atoms with Crippen molar-refractivity contribution in [1.82, 2.24) is 4.90 Å². The maximum Gasteiger partial charge on any atom is 0.339 e. The van der Waals surface area contributed by atoms with Gasteiger partial charge in [0.05, 0.1) is 18.8 Å². The molecule has 6 heteroatoms. The van der Waals surface area contributed by atoms with Crippen LogP contribution in [0.2, 0.25) is 0 Å². The second kappa shape index (κ2) is 10.6. The van der Waals surface area contributed by atoms with Crippen molar-refractivity contribution in [2.45, 2.75) is 31.9 Å². The molecule has 2 aliphatic rings. The number of likely N-dealkylation sites (tertiary alicyclic amines) is 1. The minimum absolute atomic E-state index is 0.133. The van der Waals surface area contributed by atoms with E-state index in [0.29, 0.717) is 11.1 Å². The number of hydrogen-bond acceptors (Lipinski definition) is 4. The largest absolute Gasteiger partial charge is 0.444 e. The number of amides is 1. The van der Waals surface area contributed by atoms with Crippen LogP contribution in [-0.4, -0.2) is 56.2 Å². The van der Waals surface area contributed by atoms with Gasteiger partial charge in [0.2, 0.25) is 6.10 Å². The number of piperidine rings is 1. The molecule has 31 heavy (non-hydrogen) atoms. The van der Waals surface area contributed by atoms with Gasteiger partial charge in [-0.05, 0) is 31.4 Å². The molecule has 0 bridgehead atoms. The first-order valence-corrected chi connectivity index (χ1v) is 11.3. The highest BCUT2D eigenvalue weighted by atomic mass is 16.5. The number of quaternary nitrogens is 1. The van der Waals surface area contributed by atoms with Crippen LogP contribution in [-0.2, 0) is 20.8 Å². The molecule has 0 unspecified atom stereocenters. The molecule has 4 rings (SSSR count). The van der Waals surface area contributed by atoms with Crippen LogP contribution in [0, 0.1) is 0 Å². The molecular weight excluding hydrogens is 392 g/mol. The van der Waals surface area contributed by atoms with E-state index in [0.717, 1.165) is 65.2 Å². The van der Waals surface area contributed by atoms with E-state index >= 15 is 0 Å². The lowest BCUT2D eigenvalue weighted by molar-refractivity contribution is -0.921. The van der Waals surface area contributed by atoms with Crippen molar-refractivity contribution in [3.05, 3.63) is 71.3 Å². The maximum absolute atomic E-state index is 13.2. The Balaban J connectivity index is 1.44. The Morgan fingerprint density at radius 2 is 1.61 bits per heavy atom. The first kappa shape index (κ1) is 21.5. The number of rotatable bonds is 6. The van der Waals surface area contributed by atoms with Gasteiger partial charge < -0.3 is 19.3 Å². The Kier molecular flexibility index (Phi) is 7.33. The van der Waals surface area contributed by atoms with Crippen molar-refractivity contribution in [3.8, 4) is 0 Å². The van der Waals surface area contributed by atoms with E-state index in [1.165, 1.54) is 10.5 Å². The van der Waals surface area contributed by atoms with Gasteiger partial charge in [-0.25, -0.2) is 4.79 Å². The van der Waals surface area contributed by atoms with Crippen molar-refractivity contribution in [2.75, 3.05) is 39.4 Å². The number of esters is 1. The van der Waals surface area contributed by atoms with Crippen molar-refractivity contribution in [2.24, 2.45) is 0 Å². The zero-order valence-corrected chi connectivity index (χ0v) is 17.9. The molecule has 1 N–H and O–H groups in total. The lowest BCUT2D eigenvalue weighted by atomic mass is 10.1. The molecule has 0 aromatic heterocycles. The minimum atomic E-state index is -0.913. The normalized spacial score (nSPS) is 18.4. The molecule has 2 aromatic rings. The molecule has 164 valence electrons. The van der Waals surface area contributed by atoms with Crippen molar-refractivity contribution >= 4 is 11.9 Å². The lowest BCUT2D eigenvalue weighted by Crippen LogP contribution is -3.12. The van der Waals surface area contributed by atoms with E-state index in [-0.39, 0.29) is 5.91 Å². The summed E-state index contributed by atoms with van der Waals surface area (Å²) in [5, 5.41) is 0. The summed E-state index contributed by atoms with van der Waals surface area (Å²) >= 11 is 0. The third-order valence-electron chi connectivity index (χ3n) is 6.06. The van der Waals surface area contributed by atoms with Gasteiger partial charge in [0.1, 0.15) is 19.6 Å². The Labute approximate surface area is 183 Å². The van der Waals surface area contributed by atoms with Gasteiger partial charge in [-0.1, -0.05) is 42.5 Å². The second-order valence-corrected chi connectivity index (χ2v) is 8.32. The Hall–Kier alpha value is -2.70. The topological polar surface area (TPSA) is 60.3 Å². The summed E-state index contributed by atoms with van der Waals surface area (Å²) in [6.45, 7) is 5.95. The molecule has 2 heterocycles. The summed E-state index contributed by atoms with van der Waals surface area (Å²) in [7, 11) is 0. The summed E-state index contributed by atoms with van der Waals surface area (Å²) in [4.78, 5) is 29.4. The van der Waals surface area contributed by atoms with Gasteiger partial charge in [0, 0.05) is 24.2 Å². The van der Waals surface area contributed by atoms with E-state index in [1.54, 1.807) is 12.1 Å². The zero-order chi connectivity index (χ0) is 21.5. The predicted octanol–water partition coefficient (Wildman–Crippen LogP) is 2.01. The maximum atomic E-state index is 13.2. The quantitative estimate of drug-likeness (QED) is 0.723. The fourth-order valence-electron chi connectivity index (χ4n) is 4.23. The number of nitrogens with zero attached hydrogens (tertiary/aromatic N) is 1. The molecule has 2 aromatic carbocycles. The molecule has 1 amide bonds. The van der Waals surface area contributed by atoms with Crippen LogP contribution in [0.3, 0.4) is 0 Å². The molecule has 0 saturated carbocycles. The number of hydrogen-bond donors (Lipinski definition) is 1. The molecule has 2 saturated heterocycles. The third-order valence-corrected chi connectivity index (χ3v) is 6.06. The van der Waals surface area contributed by atoms with Gasteiger partial charge in [0.25, 0.3) is 5.91 Å². The smallest absolute Gasteiger partial charge is 0.339 e. The molecule has 0 aliphatic carbocycles. The van der Waals surface area contributed by atoms with Crippen molar-refractivity contribution in [3.63, 3.8) is 0 Å². The molecule has 0 spiro atoms. The third kappa shape index (κ3) is 5.71. The molecule has 0 radical (unpaired) electrons. The van der Waals surface area contributed by atoms with E-state index in [1.807, 2.05) is 47.4 Å². The first-order valence-electron chi connectivity index (χ1n) is 11.3. The highest BCUT2D eigenvalue weighted by molar-refractivity contribution is 5.92. The highest BCUT2D eigenvalue weighted by Crippen LogP contribution is 2.24. The fourth-order valence-corrected chi connectivity index (χ4v) is 4.23. The highest BCUT2D eigenvalue weighted by Gasteiger charge is 2.30. The number of morpholine rings is 1. The zero-order valence-electron chi connectivity index (χ0n) is 17.9. The SMILES string of the molecule is O=C(O[C@H](C(=O)N1CCCCC1)c1ccccc1)c1ccc(C[NH+]2CCOCC2)cc1. The standard InChI is InChI=1S/C25H30N2O4/c28-24(27-13-5-2-6-14-27)23(21-7-3-1-4-8-21)31-25(29)22-11-9-20(10-12-22)19-26-15-17-30-18-16-26/h1,3-4,7-12,23H,2,5-6,13-19H2/p+1/t23-/m0/s1. The van der Waals surface area contributed by atoms with Crippen molar-refractivity contribution < 1.29 is 24.0 Å². The number of carbonyl (C=O) groups is 2. The molecular formula is C25H31N2O4+. The summed E-state index contributed by atoms with van der Waals surface area (Å²) in [5.41, 5.74) is 2.35. The summed E-state index contributed by atoms with van der Waals surface area (Å²) in [6, 6.07) is 16.8. The number of benzene rings is 2. The Bertz CT molecular complexity index is 857. The first-order chi connectivity index (χ1) is 15.2. The average Bonchev–Trinajstić information content (AvgIpc) is 2.84. The van der Waals surface area contributed by atoms with Crippen LogP contribution >= 0.6 is 0 Å². The number of ether oxygens (including phenoxy) is 2. The second-order valence-electron chi connectivity index (χ2n) is 8.32.